The summed E-state index contributed by atoms with van der Waals surface area (Å²) in [6.45, 7) is 2.33. The molecule has 0 radical (unpaired) electrons. The Bertz CT molecular complexity index is 180. The predicted octanol–water partition coefficient (Wildman–Crippen LogP) is -0.389. The Labute approximate surface area is 78.5 Å². The summed E-state index contributed by atoms with van der Waals surface area (Å²) < 4.78 is 0. The van der Waals surface area contributed by atoms with Gasteiger partial charge >= 0.3 is 0 Å². The van der Waals surface area contributed by atoms with Crippen molar-refractivity contribution < 1.29 is 9.90 Å². The number of nitrogens with two attached hydrogens (primary N) is 1. The third-order valence-electron chi connectivity index (χ3n) is 2.37. The minimum absolute atomic E-state index is 0.267. The summed E-state index contributed by atoms with van der Waals surface area (Å²) in [4.78, 5) is 10.5. The van der Waals surface area contributed by atoms with Crippen LogP contribution in [0.3, 0.4) is 0 Å². The predicted molar refractivity (Wildman–Crippen MR) is 50.0 cm³/mol. The van der Waals surface area contributed by atoms with Gasteiger partial charge in [0, 0.05) is 12.6 Å². The number of carbonyl (C=O) groups excluding carboxylic acids is 1. The van der Waals surface area contributed by atoms with Crippen LogP contribution in [0.4, 0.5) is 0 Å². The van der Waals surface area contributed by atoms with Crippen LogP contribution in [0.2, 0.25) is 0 Å². The highest BCUT2D eigenvalue weighted by atomic mass is 16.3. The van der Waals surface area contributed by atoms with E-state index in [2.05, 4.69) is 12.2 Å². The van der Waals surface area contributed by atoms with Crippen molar-refractivity contribution in [2.45, 2.75) is 38.3 Å². The van der Waals surface area contributed by atoms with Crippen molar-refractivity contribution in [3.63, 3.8) is 0 Å². The first-order valence-electron chi connectivity index (χ1n) is 4.80. The van der Waals surface area contributed by atoms with Gasteiger partial charge in [0.05, 0.1) is 0 Å². The summed E-state index contributed by atoms with van der Waals surface area (Å²) in [5.74, 6) is 0.194. The largest absolute Gasteiger partial charge is 0.382 e. The number of carbonyl (C=O) groups is 1. The SMILES string of the molecule is CC(CC1CC1)NCC(O)C(N)=O. The maximum atomic E-state index is 10.5. The molecule has 0 saturated heterocycles. The molecule has 4 N–H and O–H groups in total. The number of primary amides is 1. The Morgan fingerprint density at radius 1 is 1.69 bits per heavy atom. The molecule has 1 aliphatic carbocycles. The van der Waals surface area contributed by atoms with Crippen molar-refractivity contribution in [1.82, 2.24) is 5.32 Å². The highest BCUT2D eigenvalue weighted by Crippen LogP contribution is 2.33. The van der Waals surface area contributed by atoms with Crippen molar-refractivity contribution in [2.75, 3.05) is 6.54 Å². The molecule has 1 saturated carbocycles. The molecule has 0 spiro atoms. The topological polar surface area (TPSA) is 75.3 Å². The number of rotatable bonds is 6. The van der Waals surface area contributed by atoms with Gasteiger partial charge in [-0.15, -0.1) is 0 Å². The standard InChI is InChI=1S/C9H18N2O2/c1-6(4-7-2-3-7)11-5-8(12)9(10)13/h6-8,11-12H,2-5H2,1H3,(H2,10,13). The second kappa shape index (κ2) is 4.58. The lowest BCUT2D eigenvalue weighted by Crippen LogP contribution is -2.40. The first kappa shape index (κ1) is 10.5. The molecule has 0 aromatic rings. The van der Waals surface area contributed by atoms with Gasteiger partial charge in [0.1, 0.15) is 6.10 Å². The van der Waals surface area contributed by atoms with E-state index in [4.69, 9.17) is 10.8 Å². The van der Waals surface area contributed by atoms with Crippen molar-refractivity contribution in [3.8, 4) is 0 Å². The van der Waals surface area contributed by atoms with Crippen LogP contribution in [-0.4, -0.2) is 29.7 Å². The molecule has 13 heavy (non-hydrogen) atoms. The van der Waals surface area contributed by atoms with Gasteiger partial charge in [0.15, 0.2) is 0 Å². The van der Waals surface area contributed by atoms with Crippen LogP contribution < -0.4 is 11.1 Å². The fraction of sp³-hybridized carbons (Fsp3) is 0.889. The van der Waals surface area contributed by atoms with Gasteiger partial charge in [-0.25, -0.2) is 0 Å². The first-order chi connectivity index (χ1) is 6.09. The van der Waals surface area contributed by atoms with E-state index in [0.717, 1.165) is 12.3 Å². The zero-order valence-electron chi connectivity index (χ0n) is 7.99. The van der Waals surface area contributed by atoms with Crippen LogP contribution in [0.25, 0.3) is 0 Å². The molecule has 2 unspecified atom stereocenters. The summed E-state index contributed by atoms with van der Waals surface area (Å²) >= 11 is 0. The van der Waals surface area contributed by atoms with Crippen LogP contribution >= 0.6 is 0 Å². The van der Waals surface area contributed by atoms with Crippen molar-refractivity contribution in [3.05, 3.63) is 0 Å². The maximum absolute atomic E-state index is 10.5. The molecule has 76 valence electrons. The summed E-state index contributed by atoms with van der Waals surface area (Å²) in [6.07, 6.45) is 2.72. The smallest absolute Gasteiger partial charge is 0.247 e. The minimum atomic E-state index is -1.05. The first-order valence-corrected chi connectivity index (χ1v) is 4.80. The molecule has 0 heterocycles. The molecule has 4 heteroatoms. The van der Waals surface area contributed by atoms with Gasteiger partial charge in [-0.05, 0) is 19.3 Å². The third-order valence-corrected chi connectivity index (χ3v) is 2.37. The van der Waals surface area contributed by atoms with Crippen LogP contribution in [0.15, 0.2) is 0 Å². The fourth-order valence-electron chi connectivity index (χ4n) is 1.35. The van der Waals surface area contributed by atoms with Crippen molar-refractivity contribution >= 4 is 5.91 Å². The van der Waals surface area contributed by atoms with Crippen LogP contribution in [0.5, 0.6) is 0 Å². The average Bonchev–Trinajstić information content (AvgIpc) is 2.83. The molecule has 1 aliphatic rings. The van der Waals surface area contributed by atoms with Crippen LogP contribution in [0, 0.1) is 5.92 Å². The van der Waals surface area contributed by atoms with E-state index >= 15 is 0 Å². The molecule has 4 nitrogen and oxygen atoms in total. The normalized spacial score (nSPS) is 21.1. The van der Waals surface area contributed by atoms with Crippen LogP contribution in [-0.2, 0) is 4.79 Å². The second-order valence-electron chi connectivity index (χ2n) is 3.91. The summed E-state index contributed by atoms with van der Waals surface area (Å²) in [5.41, 5.74) is 4.91. The van der Waals surface area contributed by atoms with E-state index in [1.807, 2.05) is 0 Å². The Morgan fingerprint density at radius 2 is 2.31 bits per heavy atom. The monoisotopic (exact) mass is 186 g/mol. The molecule has 1 rings (SSSR count). The van der Waals surface area contributed by atoms with Gasteiger partial charge in [-0.1, -0.05) is 12.8 Å². The maximum Gasteiger partial charge on any atom is 0.247 e. The Balaban J connectivity index is 2.05. The lowest BCUT2D eigenvalue weighted by atomic mass is 10.1. The van der Waals surface area contributed by atoms with E-state index in [9.17, 15) is 4.79 Å². The molecule has 1 amide bonds. The van der Waals surface area contributed by atoms with Crippen molar-refractivity contribution in [1.29, 1.82) is 0 Å². The van der Waals surface area contributed by atoms with Crippen molar-refractivity contribution in [2.24, 2.45) is 11.7 Å². The zero-order valence-corrected chi connectivity index (χ0v) is 7.99. The molecule has 2 atom stereocenters. The Morgan fingerprint density at radius 3 is 2.77 bits per heavy atom. The van der Waals surface area contributed by atoms with E-state index < -0.39 is 12.0 Å². The number of nitrogens with one attached hydrogen (secondary N) is 1. The van der Waals surface area contributed by atoms with E-state index in [1.165, 1.54) is 12.8 Å². The average molecular weight is 186 g/mol. The Hall–Kier alpha value is -0.610. The van der Waals surface area contributed by atoms with Gasteiger partial charge in [-0.3, -0.25) is 4.79 Å². The quantitative estimate of drug-likeness (QED) is 0.529. The number of aliphatic hydroxyl groups is 1. The highest BCUT2D eigenvalue weighted by molar-refractivity contribution is 5.78. The van der Waals surface area contributed by atoms with E-state index in [1.54, 1.807) is 0 Å². The number of hydrogen-bond acceptors (Lipinski definition) is 3. The van der Waals surface area contributed by atoms with Gasteiger partial charge in [-0.2, -0.15) is 0 Å². The highest BCUT2D eigenvalue weighted by Gasteiger charge is 2.23. The summed E-state index contributed by atoms with van der Waals surface area (Å²) in [7, 11) is 0. The van der Waals surface area contributed by atoms with Gasteiger partial charge in [0.25, 0.3) is 0 Å². The molecule has 0 aromatic heterocycles. The lowest BCUT2D eigenvalue weighted by Gasteiger charge is -2.14. The minimum Gasteiger partial charge on any atom is -0.382 e. The fourth-order valence-corrected chi connectivity index (χ4v) is 1.35. The number of hydrogen-bond donors (Lipinski definition) is 3. The summed E-state index contributed by atoms with van der Waals surface area (Å²) in [6, 6.07) is 0.362. The zero-order chi connectivity index (χ0) is 9.84. The van der Waals surface area contributed by atoms with Crippen LogP contribution in [0.1, 0.15) is 26.2 Å². The molecule has 0 aliphatic heterocycles. The van der Waals surface area contributed by atoms with Gasteiger partial charge in [0.2, 0.25) is 5.91 Å². The number of amides is 1. The second-order valence-corrected chi connectivity index (χ2v) is 3.91. The Kier molecular flexibility index (Phi) is 3.69. The molecular weight excluding hydrogens is 168 g/mol. The lowest BCUT2D eigenvalue weighted by molar-refractivity contribution is -0.125. The van der Waals surface area contributed by atoms with E-state index in [-0.39, 0.29) is 6.54 Å². The molecule has 0 aromatic carbocycles. The third kappa shape index (κ3) is 4.24. The molecule has 0 bridgehead atoms. The van der Waals surface area contributed by atoms with Gasteiger partial charge < -0.3 is 16.2 Å². The number of aliphatic hydroxyl groups excluding tert-OH is 1. The molecule has 1 fully saturated rings. The summed E-state index contributed by atoms with van der Waals surface area (Å²) in [5, 5.41) is 12.2. The van der Waals surface area contributed by atoms with E-state index in [0.29, 0.717) is 6.04 Å². The molecular formula is C9H18N2O2.